The maximum atomic E-state index is 8.49. The Morgan fingerprint density at radius 2 is 1.45 bits per heavy atom. The number of nitrogens with one attached hydrogen (secondary N) is 1. The average molecular weight is 319 g/mol. The average Bonchev–Trinajstić information content (AvgIpc) is 2.84. The van der Waals surface area contributed by atoms with Gasteiger partial charge in [-0.25, -0.2) is 18.6 Å². The zero-order chi connectivity index (χ0) is 15.7. The van der Waals surface area contributed by atoms with Gasteiger partial charge in [-0.1, -0.05) is 18.2 Å². The summed E-state index contributed by atoms with van der Waals surface area (Å²) in [6.45, 7) is 0. The molecule has 0 aliphatic heterocycles. The minimum Gasteiger partial charge on any atom is -0.349 e. The van der Waals surface area contributed by atoms with Crippen molar-refractivity contribution in [3.8, 4) is 0 Å². The lowest BCUT2D eigenvalue weighted by molar-refractivity contribution is -2.00. The maximum absolute atomic E-state index is 8.49. The number of rotatable bonds is 0. The van der Waals surface area contributed by atoms with Crippen LogP contribution in [0.4, 0.5) is 0 Å². The molecule has 4 aromatic rings. The second-order valence-corrected chi connectivity index (χ2v) is 5.40. The fourth-order valence-electron chi connectivity index (χ4n) is 2.49. The lowest BCUT2D eigenvalue weighted by Crippen LogP contribution is -2.68. The summed E-state index contributed by atoms with van der Waals surface area (Å²) in [6.07, 6.45) is 4.18. The van der Waals surface area contributed by atoms with E-state index < -0.39 is 10.2 Å². The van der Waals surface area contributed by atoms with Gasteiger partial charge < -0.3 is 4.98 Å². The molecule has 22 heavy (non-hydrogen) atoms. The molecule has 1 aromatic carbocycles. The van der Waals surface area contributed by atoms with Crippen molar-refractivity contribution >= 4 is 27.3 Å². The minimum atomic E-state index is -4.94. The molecule has 0 bridgehead atoms. The van der Waals surface area contributed by atoms with E-state index in [1.54, 1.807) is 0 Å². The Kier molecular flexibility index (Phi) is 3.69. The molecule has 0 amide bonds. The topological polar surface area (TPSA) is 112 Å². The molecule has 3 aromatic heterocycles. The van der Waals surface area contributed by atoms with E-state index in [1.165, 1.54) is 27.3 Å². The molecule has 0 saturated carbocycles. The quantitative estimate of drug-likeness (QED) is 0.389. The number of hydrogen-bond donors (Lipinski definition) is 1. The molecule has 0 atom stereocenters. The highest BCUT2D eigenvalue weighted by Crippen LogP contribution is 2.25. The molecule has 0 aliphatic rings. The van der Waals surface area contributed by atoms with Crippen LogP contribution in [0.3, 0.4) is 0 Å². The van der Waals surface area contributed by atoms with Crippen LogP contribution in [-0.4, -0.2) is 4.98 Å². The Balaban J connectivity index is 0.000000254. The fourth-order valence-corrected chi connectivity index (χ4v) is 2.49. The highest BCUT2D eigenvalue weighted by molar-refractivity contribution is 6.10. The van der Waals surface area contributed by atoms with Gasteiger partial charge in [0, 0.05) is 34.5 Å². The molecule has 4 rings (SSSR count). The molecule has 0 radical (unpaired) electrons. The number of aromatic amines is 1. The Bertz CT molecular complexity index is 940. The van der Waals surface area contributed by atoms with Crippen molar-refractivity contribution in [1.29, 1.82) is 0 Å². The van der Waals surface area contributed by atoms with Gasteiger partial charge in [0.1, 0.15) is 5.52 Å². The predicted octanol–water partition coefficient (Wildman–Crippen LogP) is -1.70. The highest BCUT2D eigenvalue weighted by atomic mass is 35.7. The predicted molar refractivity (Wildman–Crippen MR) is 69.0 cm³/mol. The number of para-hydroxylation sites is 1. The summed E-state index contributed by atoms with van der Waals surface area (Å²) < 4.78 is 36.1. The number of halogens is 1. The van der Waals surface area contributed by atoms with Crippen LogP contribution < -0.4 is 23.0 Å². The third kappa shape index (κ3) is 3.01. The number of fused-ring (bicyclic) bond motifs is 5. The van der Waals surface area contributed by atoms with Crippen LogP contribution in [0.2, 0.25) is 0 Å². The third-order valence-electron chi connectivity index (χ3n) is 3.29. The van der Waals surface area contributed by atoms with Crippen LogP contribution in [0.15, 0.2) is 60.9 Å². The summed E-state index contributed by atoms with van der Waals surface area (Å²) in [6, 6.07) is 16.8. The van der Waals surface area contributed by atoms with Crippen LogP contribution >= 0.6 is 0 Å². The molecule has 0 saturated heterocycles. The first-order chi connectivity index (χ1) is 10.4. The molecular formula is C15H11ClN2O4. The van der Waals surface area contributed by atoms with Gasteiger partial charge in [-0.3, -0.25) is 0 Å². The van der Waals surface area contributed by atoms with Gasteiger partial charge >= 0.3 is 0 Å². The van der Waals surface area contributed by atoms with E-state index in [4.69, 9.17) is 18.6 Å². The summed E-state index contributed by atoms with van der Waals surface area (Å²) in [7, 11) is -4.94. The lowest BCUT2D eigenvalue weighted by atomic mass is 10.2. The lowest BCUT2D eigenvalue weighted by Gasteiger charge is -2.17. The normalized spacial score (nSPS) is 11.6. The molecule has 7 heteroatoms. The number of hydrogen-bond acceptors (Lipinski definition) is 4. The number of pyridine rings is 2. The standard InChI is InChI=1S/C15H10N2.ClHO4/c1-2-6-13-11(5-1)12-8-10-17-9-4-3-7-14(17)15(12)16-13;2-1(3,4)5/h1-10H;(H,2,3,4,5). The first-order valence-corrected chi connectivity index (χ1v) is 7.58. The van der Waals surface area contributed by atoms with Crippen molar-refractivity contribution in [1.82, 2.24) is 4.98 Å². The Morgan fingerprint density at radius 1 is 0.773 bits per heavy atom. The first-order valence-electron chi connectivity index (χ1n) is 6.35. The third-order valence-corrected chi connectivity index (χ3v) is 3.29. The maximum Gasteiger partial charge on any atom is 0.234 e. The molecule has 0 fully saturated rings. The van der Waals surface area contributed by atoms with E-state index >= 15 is 0 Å². The van der Waals surface area contributed by atoms with Gasteiger partial charge in [0.05, 0.1) is 0 Å². The van der Waals surface area contributed by atoms with E-state index in [2.05, 4.69) is 64.2 Å². The van der Waals surface area contributed by atoms with Crippen molar-refractivity contribution in [2.75, 3.05) is 0 Å². The monoisotopic (exact) mass is 318 g/mol. The molecule has 0 aliphatic carbocycles. The number of benzene rings is 1. The molecular weight excluding hydrogens is 308 g/mol. The van der Waals surface area contributed by atoms with Crippen LogP contribution in [0.5, 0.6) is 0 Å². The van der Waals surface area contributed by atoms with Crippen LogP contribution in [0.25, 0.3) is 27.3 Å². The summed E-state index contributed by atoms with van der Waals surface area (Å²) in [4.78, 5) is 3.50. The van der Waals surface area contributed by atoms with Crippen molar-refractivity contribution in [2.45, 2.75) is 0 Å². The van der Waals surface area contributed by atoms with Crippen LogP contribution in [0.1, 0.15) is 0 Å². The van der Waals surface area contributed by atoms with Crippen molar-refractivity contribution < 1.29 is 33.3 Å². The van der Waals surface area contributed by atoms with Crippen LogP contribution in [0, 0.1) is 10.2 Å². The smallest absolute Gasteiger partial charge is 0.234 e. The van der Waals surface area contributed by atoms with E-state index in [-0.39, 0.29) is 0 Å². The van der Waals surface area contributed by atoms with E-state index in [9.17, 15) is 0 Å². The summed E-state index contributed by atoms with van der Waals surface area (Å²) in [5.74, 6) is 0. The zero-order valence-electron chi connectivity index (χ0n) is 11.2. The molecule has 112 valence electrons. The Hall–Kier alpha value is -2.22. The van der Waals surface area contributed by atoms with E-state index in [1.807, 2.05) is 6.07 Å². The number of aromatic nitrogens is 2. The summed E-state index contributed by atoms with van der Waals surface area (Å²) in [5.41, 5.74) is 3.61. The molecule has 1 N–H and O–H groups in total. The molecule has 0 spiro atoms. The zero-order valence-corrected chi connectivity index (χ0v) is 12.0. The first kappa shape index (κ1) is 14.7. The fraction of sp³-hybridized carbons (Fsp3) is 0. The second-order valence-electron chi connectivity index (χ2n) is 4.65. The van der Waals surface area contributed by atoms with Gasteiger partial charge in [-0.15, -0.1) is 10.2 Å². The molecule has 0 unspecified atom stereocenters. The van der Waals surface area contributed by atoms with Gasteiger partial charge in [0.15, 0.2) is 12.4 Å². The Labute approximate surface area is 127 Å². The van der Waals surface area contributed by atoms with E-state index in [0.29, 0.717) is 0 Å². The van der Waals surface area contributed by atoms with Gasteiger partial charge in [0.2, 0.25) is 5.52 Å². The van der Waals surface area contributed by atoms with Gasteiger partial charge in [-0.2, -0.15) is 4.40 Å². The largest absolute Gasteiger partial charge is 0.349 e. The number of H-pyrrole nitrogens is 1. The summed E-state index contributed by atoms with van der Waals surface area (Å²) in [5, 5.41) is 2.57. The minimum absolute atomic E-state index is 1.19. The van der Waals surface area contributed by atoms with Crippen molar-refractivity contribution in [3.63, 3.8) is 0 Å². The van der Waals surface area contributed by atoms with Crippen LogP contribution in [-0.2, 0) is 0 Å². The SMILES string of the molecule is [O-][Cl+3]([O-])([O-])[O-].c1ccc2c(c1)[nH]c1c2cc[n+]2ccccc12. The van der Waals surface area contributed by atoms with E-state index in [0.717, 1.165) is 0 Å². The summed E-state index contributed by atoms with van der Waals surface area (Å²) >= 11 is 0. The van der Waals surface area contributed by atoms with Gasteiger partial charge in [-0.05, 0) is 12.1 Å². The number of nitrogens with zero attached hydrogens (tertiary/aromatic N) is 1. The second kappa shape index (κ2) is 5.53. The van der Waals surface area contributed by atoms with Crippen molar-refractivity contribution in [2.24, 2.45) is 0 Å². The molecule has 6 nitrogen and oxygen atoms in total. The Morgan fingerprint density at radius 3 is 2.23 bits per heavy atom. The molecule has 3 heterocycles. The highest BCUT2D eigenvalue weighted by Gasteiger charge is 2.11. The van der Waals surface area contributed by atoms with Gasteiger partial charge in [0.25, 0.3) is 0 Å². The van der Waals surface area contributed by atoms with Crippen molar-refractivity contribution in [3.05, 3.63) is 60.9 Å².